The van der Waals surface area contributed by atoms with Crippen LogP contribution in [-0.4, -0.2) is 5.38 Å². The molecule has 2 aliphatic rings. The first kappa shape index (κ1) is 5.79. The SMILES string of the molecule is C[C@H]1[C@@H](Cl)[C@@H]2C=CC[C@H]12. The fourth-order valence-electron chi connectivity index (χ4n) is 2.04. The van der Waals surface area contributed by atoms with Gasteiger partial charge in [0, 0.05) is 5.38 Å². The van der Waals surface area contributed by atoms with Crippen LogP contribution in [0.15, 0.2) is 12.2 Å². The van der Waals surface area contributed by atoms with Crippen LogP contribution in [0, 0.1) is 17.8 Å². The number of fused-ring (bicyclic) bond motifs is 1. The van der Waals surface area contributed by atoms with E-state index in [-0.39, 0.29) is 0 Å². The molecule has 1 saturated carbocycles. The van der Waals surface area contributed by atoms with E-state index in [0.717, 1.165) is 17.8 Å². The summed E-state index contributed by atoms with van der Waals surface area (Å²) >= 11 is 6.05. The average Bonchev–Trinajstić information content (AvgIpc) is 2.30. The summed E-state index contributed by atoms with van der Waals surface area (Å²) in [6, 6.07) is 0. The van der Waals surface area contributed by atoms with E-state index < -0.39 is 0 Å². The van der Waals surface area contributed by atoms with Gasteiger partial charge >= 0.3 is 0 Å². The molecular formula is C8H11Cl. The van der Waals surface area contributed by atoms with E-state index in [1.165, 1.54) is 6.42 Å². The molecule has 1 heteroatoms. The standard InChI is InChI=1S/C8H11Cl/c1-5-6-3-2-4-7(6)8(5)9/h2,4-8H,3H2,1H3/t5-,6-,7-,8-/m1/s1. The lowest BCUT2D eigenvalue weighted by Crippen LogP contribution is -2.42. The monoisotopic (exact) mass is 142 g/mol. The van der Waals surface area contributed by atoms with Crippen molar-refractivity contribution in [2.75, 3.05) is 0 Å². The largest absolute Gasteiger partial charge is 0.122 e. The van der Waals surface area contributed by atoms with E-state index in [0.29, 0.717) is 5.38 Å². The van der Waals surface area contributed by atoms with Gasteiger partial charge in [0.25, 0.3) is 0 Å². The van der Waals surface area contributed by atoms with Crippen LogP contribution in [0.3, 0.4) is 0 Å². The minimum Gasteiger partial charge on any atom is -0.122 e. The van der Waals surface area contributed by atoms with Gasteiger partial charge in [-0.05, 0) is 24.2 Å². The van der Waals surface area contributed by atoms with E-state index in [4.69, 9.17) is 11.6 Å². The number of hydrogen-bond acceptors (Lipinski definition) is 0. The summed E-state index contributed by atoms with van der Waals surface area (Å²) < 4.78 is 0. The Morgan fingerprint density at radius 1 is 1.56 bits per heavy atom. The highest BCUT2D eigenvalue weighted by Crippen LogP contribution is 2.50. The summed E-state index contributed by atoms with van der Waals surface area (Å²) in [7, 11) is 0. The lowest BCUT2D eigenvalue weighted by molar-refractivity contribution is 0.151. The van der Waals surface area contributed by atoms with E-state index in [9.17, 15) is 0 Å². The van der Waals surface area contributed by atoms with Gasteiger partial charge < -0.3 is 0 Å². The molecule has 50 valence electrons. The summed E-state index contributed by atoms with van der Waals surface area (Å²) in [6.45, 7) is 2.26. The predicted molar refractivity (Wildman–Crippen MR) is 39.5 cm³/mol. The van der Waals surface area contributed by atoms with Gasteiger partial charge in [0.05, 0.1) is 0 Å². The minimum absolute atomic E-state index is 0.439. The molecule has 0 radical (unpaired) electrons. The van der Waals surface area contributed by atoms with Crippen molar-refractivity contribution in [2.24, 2.45) is 17.8 Å². The Bertz CT molecular complexity index is 151. The molecule has 0 saturated heterocycles. The lowest BCUT2D eigenvalue weighted by Gasteiger charge is -2.43. The first-order chi connectivity index (χ1) is 4.30. The van der Waals surface area contributed by atoms with Gasteiger partial charge in [-0.1, -0.05) is 19.1 Å². The summed E-state index contributed by atoms with van der Waals surface area (Å²) in [6.07, 6.45) is 5.82. The molecular weight excluding hydrogens is 132 g/mol. The Morgan fingerprint density at radius 2 is 2.33 bits per heavy atom. The third-order valence-electron chi connectivity index (χ3n) is 2.81. The van der Waals surface area contributed by atoms with Crippen LogP contribution in [0.1, 0.15) is 13.3 Å². The second-order valence-electron chi connectivity index (χ2n) is 3.21. The quantitative estimate of drug-likeness (QED) is 0.360. The first-order valence-electron chi connectivity index (χ1n) is 3.61. The zero-order valence-electron chi connectivity index (χ0n) is 5.55. The average molecular weight is 143 g/mol. The maximum atomic E-state index is 6.05. The molecule has 0 nitrogen and oxygen atoms in total. The van der Waals surface area contributed by atoms with Crippen molar-refractivity contribution in [3.05, 3.63) is 12.2 Å². The Hall–Kier alpha value is 0.0300. The molecule has 2 aliphatic carbocycles. The zero-order valence-corrected chi connectivity index (χ0v) is 6.31. The van der Waals surface area contributed by atoms with Gasteiger partial charge in [-0.25, -0.2) is 0 Å². The van der Waals surface area contributed by atoms with Crippen LogP contribution >= 0.6 is 11.6 Å². The van der Waals surface area contributed by atoms with Crippen LogP contribution < -0.4 is 0 Å². The first-order valence-corrected chi connectivity index (χ1v) is 4.05. The molecule has 1 fully saturated rings. The molecule has 0 aliphatic heterocycles. The van der Waals surface area contributed by atoms with Crippen molar-refractivity contribution < 1.29 is 0 Å². The number of alkyl halides is 1. The van der Waals surface area contributed by atoms with Crippen LogP contribution in [0.5, 0.6) is 0 Å². The molecule has 0 aromatic heterocycles. The highest BCUT2D eigenvalue weighted by atomic mass is 35.5. The van der Waals surface area contributed by atoms with Gasteiger partial charge in [0.15, 0.2) is 0 Å². The maximum absolute atomic E-state index is 6.05. The Kier molecular flexibility index (Phi) is 1.13. The van der Waals surface area contributed by atoms with Crippen molar-refractivity contribution in [3.8, 4) is 0 Å². The molecule has 0 spiro atoms. The summed E-state index contributed by atoms with van der Waals surface area (Å²) in [4.78, 5) is 0. The molecule has 0 heterocycles. The molecule has 0 N–H and O–H groups in total. The fourth-order valence-corrected chi connectivity index (χ4v) is 2.50. The van der Waals surface area contributed by atoms with E-state index >= 15 is 0 Å². The molecule has 2 rings (SSSR count). The third-order valence-corrected chi connectivity index (χ3v) is 3.49. The van der Waals surface area contributed by atoms with Crippen molar-refractivity contribution in [3.63, 3.8) is 0 Å². The van der Waals surface area contributed by atoms with Crippen LogP contribution in [0.25, 0.3) is 0 Å². The molecule has 0 bridgehead atoms. The van der Waals surface area contributed by atoms with Gasteiger partial charge in [-0.2, -0.15) is 0 Å². The second kappa shape index (κ2) is 1.76. The molecule has 0 amide bonds. The lowest BCUT2D eigenvalue weighted by atomic mass is 9.67. The molecule has 0 aromatic rings. The van der Waals surface area contributed by atoms with E-state index in [2.05, 4.69) is 19.1 Å². The van der Waals surface area contributed by atoms with Crippen LogP contribution in [-0.2, 0) is 0 Å². The zero-order chi connectivity index (χ0) is 6.43. The molecule has 0 unspecified atom stereocenters. The Balaban J connectivity index is 2.12. The number of rotatable bonds is 0. The molecule has 4 atom stereocenters. The van der Waals surface area contributed by atoms with Crippen molar-refractivity contribution in [2.45, 2.75) is 18.7 Å². The molecule has 9 heavy (non-hydrogen) atoms. The Labute approximate surface area is 60.9 Å². The topological polar surface area (TPSA) is 0 Å². The van der Waals surface area contributed by atoms with Crippen molar-refractivity contribution in [1.29, 1.82) is 0 Å². The van der Waals surface area contributed by atoms with Gasteiger partial charge in [0.2, 0.25) is 0 Å². The van der Waals surface area contributed by atoms with Gasteiger partial charge in [-0.15, -0.1) is 11.6 Å². The summed E-state index contributed by atoms with van der Waals surface area (Å²) in [5.74, 6) is 2.38. The van der Waals surface area contributed by atoms with Gasteiger partial charge in [0.1, 0.15) is 0 Å². The summed E-state index contributed by atoms with van der Waals surface area (Å²) in [5, 5.41) is 0.439. The molecule has 0 aromatic carbocycles. The minimum atomic E-state index is 0.439. The highest BCUT2D eigenvalue weighted by Gasteiger charge is 2.46. The normalized spacial score (nSPS) is 54.9. The van der Waals surface area contributed by atoms with Crippen molar-refractivity contribution >= 4 is 11.6 Å². The van der Waals surface area contributed by atoms with Crippen LogP contribution in [0.2, 0.25) is 0 Å². The second-order valence-corrected chi connectivity index (χ2v) is 3.71. The fraction of sp³-hybridized carbons (Fsp3) is 0.750. The van der Waals surface area contributed by atoms with Gasteiger partial charge in [-0.3, -0.25) is 0 Å². The maximum Gasteiger partial charge on any atom is 0.0430 e. The van der Waals surface area contributed by atoms with E-state index in [1.54, 1.807) is 0 Å². The smallest absolute Gasteiger partial charge is 0.0430 e. The predicted octanol–water partition coefficient (Wildman–Crippen LogP) is 2.44. The van der Waals surface area contributed by atoms with Crippen molar-refractivity contribution in [1.82, 2.24) is 0 Å². The van der Waals surface area contributed by atoms with E-state index in [1.807, 2.05) is 0 Å². The Morgan fingerprint density at radius 3 is 3.00 bits per heavy atom. The number of allylic oxidation sites excluding steroid dienone is 2. The third kappa shape index (κ3) is 0.602. The van der Waals surface area contributed by atoms with Crippen LogP contribution in [0.4, 0.5) is 0 Å². The highest BCUT2D eigenvalue weighted by molar-refractivity contribution is 6.21. The summed E-state index contributed by atoms with van der Waals surface area (Å²) in [5.41, 5.74) is 0. The number of halogens is 1. The number of hydrogen-bond donors (Lipinski definition) is 0.